The number of aromatic nitrogens is 1. The Morgan fingerprint density at radius 1 is 1.12 bits per heavy atom. The summed E-state index contributed by atoms with van der Waals surface area (Å²) in [4.78, 5) is 8.62. The van der Waals surface area contributed by atoms with Crippen molar-refractivity contribution < 1.29 is 17.9 Å². The van der Waals surface area contributed by atoms with Crippen LogP contribution in [0.2, 0.25) is 0 Å². The van der Waals surface area contributed by atoms with Gasteiger partial charge >= 0.3 is 6.18 Å². The first-order valence-electron chi connectivity index (χ1n) is 8.40. The number of pyridine rings is 1. The Bertz CT molecular complexity index is 716. The van der Waals surface area contributed by atoms with E-state index in [1.807, 2.05) is 18.3 Å². The van der Waals surface area contributed by atoms with Crippen LogP contribution in [0.4, 0.5) is 24.5 Å². The summed E-state index contributed by atoms with van der Waals surface area (Å²) in [6.07, 6.45) is -0.843. The molecule has 140 valence electrons. The second kappa shape index (κ2) is 7.82. The van der Waals surface area contributed by atoms with Crippen molar-refractivity contribution >= 4 is 11.4 Å². The Kier molecular flexibility index (Phi) is 5.51. The van der Waals surface area contributed by atoms with Crippen molar-refractivity contribution in [3.05, 3.63) is 48.3 Å². The van der Waals surface area contributed by atoms with Gasteiger partial charge in [0.05, 0.1) is 17.4 Å². The minimum absolute atomic E-state index is 0.0416. The van der Waals surface area contributed by atoms with E-state index in [4.69, 9.17) is 10.5 Å². The zero-order chi connectivity index (χ0) is 18.6. The Balaban J connectivity index is 1.47. The molecule has 1 saturated heterocycles. The number of benzene rings is 1. The molecule has 2 aromatic rings. The molecule has 1 fully saturated rings. The SMILES string of the molecule is Nc1cc(OCCN2CCN(c3cccnc3)CC2)cc(C(F)(F)F)c1. The van der Waals surface area contributed by atoms with Crippen LogP contribution in [0.3, 0.4) is 0 Å². The highest BCUT2D eigenvalue weighted by Crippen LogP contribution is 2.33. The zero-order valence-electron chi connectivity index (χ0n) is 14.2. The van der Waals surface area contributed by atoms with E-state index < -0.39 is 11.7 Å². The molecule has 26 heavy (non-hydrogen) atoms. The number of alkyl halides is 3. The molecule has 0 unspecified atom stereocenters. The topological polar surface area (TPSA) is 54.6 Å². The Hall–Kier alpha value is -2.48. The monoisotopic (exact) mass is 366 g/mol. The van der Waals surface area contributed by atoms with E-state index >= 15 is 0 Å². The molecule has 0 bridgehead atoms. The number of halogens is 3. The number of piperazine rings is 1. The summed E-state index contributed by atoms with van der Waals surface area (Å²) < 4.78 is 43.9. The summed E-state index contributed by atoms with van der Waals surface area (Å²) in [5, 5.41) is 0. The summed E-state index contributed by atoms with van der Waals surface area (Å²) in [6.45, 7) is 4.45. The van der Waals surface area contributed by atoms with Gasteiger partial charge in [0.1, 0.15) is 12.4 Å². The first kappa shape index (κ1) is 18.3. The second-order valence-corrected chi connectivity index (χ2v) is 6.18. The van der Waals surface area contributed by atoms with Crippen molar-refractivity contribution in [1.29, 1.82) is 0 Å². The molecule has 1 aliphatic rings. The van der Waals surface area contributed by atoms with Gasteiger partial charge in [-0.1, -0.05) is 0 Å². The van der Waals surface area contributed by atoms with Crippen LogP contribution in [0.1, 0.15) is 5.56 Å². The number of nitrogens with two attached hydrogens (primary N) is 1. The van der Waals surface area contributed by atoms with E-state index in [2.05, 4.69) is 14.8 Å². The molecule has 0 atom stereocenters. The van der Waals surface area contributed by atoms with Crippen LogP contribution in [-0.4, -0.2) is 49.2 Å². The predicted octanol–water partition coefficient (Wildman–Crippen LogP) is 2.88. The molecule has 1 aromatic heterocycles. The van der Waals surface area contributed by atoms with Gasteiger partial charge in [0, 0.05) is 50.7 Å². The minimum atomic E-state index is -4.43. The normalized spacial score (nSPS) is 15.9. The van der Waals surface area contributed by atoms with Crippen LogP contribution in [0.15, 0.2) is 42.7 Å². The standard InChI is InChI=1S/C18H21F3N4O/c19-18(20,21)14-10-15(22)12-17(11-14)26-9-8-24-4-6-25(7-5-24)16-2-1-3-23-13-16/h1-3,10-13H,4-9,22H2. The van der Waals surface area contributed by atoms with Crippen molar-refractivity contribution in [2.45, 2.75) is 6.18 Å². The van der Waals surface area contributed by atoms with Gasteiger partial charge in [0.15, 0.2) is 0 Å². The van der Waals surface area contributed by atoms with E-state index in [-0.39, 0.29) is 11.4 Å². The van der Waals surface area contributed by atoms with Gasteiger partial charge in [0.2, 0.25) is 0 Å². The van der Waals surface area contributed by atoms with Crippen molar-refractivity contribution in [2.75, 3.05) is 50.0 Å². The molecule has 0 amide bonds. The Morgan fingerprint density at radius 3 is 2.54 bits per heavy atom. The second-order valence-electron chi connectivity index (χ2n) is 6.18. The van der Waals surface area contributed by atoms with Gasteiger partial charge in [-0.25, -0.2) is 0 Å². The van der Waals surface area contributed by atoms with Crippen molar-refractivity contribution in [3.8, 4) is 5.75 Å². The lowest BCUT2D eigenvalue weighted by Crippen LogP contribution is -2.47. The first-order valence-corrected chi connectivity index (χ1v) is 8.40. The van der Waals surface area contributed by atoms with Crippen molar-refractivity contribution in [1.82, 2.24) is 9.88 Å². The lowest BCUT2D eigenvalue weighted by Gasteiger charge is -2.35. The number of nitrogen functional groups attached to an aromatic ring is 1. The smallest absolute Gasteiger partial charge is 0.416 e. The molecule has 5 nitrogen and oxygen atoms in total. The summed E-state index contributed by atoms with van der Waals surface area (Å²) in [6, 6.07) is 7.25. The molecule has 0 saturated carbocycles. The average molecular weight is 366 g/mol. The fraction of sp³-hybridized carbons (Fsp3) is 0.389. The molecule has 2 heterocycles. The molecular formula is C18H21F3N4O. The van der Waals surface area contributed by atoms with Gasteiger partial charge in [-0.2, -0.15) is 13.2 Å². The van der Waals surface area contributed by atoms with Gasteiger partial charge in [-0.05, 0) is 24.3 Å². The molecular weight excluding hydrogens is 345 g/mol. The van der Waals surface area contributed by atoms with Crippen LogP contribution < -0.4 is 15.4 Å². The van der Waals surface area contributed by atoms with Crippen LogP contribution in [0.25, 0.3) is 0 Å². The van der Waals surface area contributed by atoms with E-state index in [0.29, 0.717) is 13.2 Å². The third-order valence-corrected chi connectivity index (χ3v) is 4.32. The maximum absolute atomic E-state index is 12.8. The lowest BCUT2D eigenvalue weighted by atomic mass is 10.2. The van der Waals surface area contributed by atoms with E-state index in [1.54, 1.807) is 6.20 Å². The molecule has 2 N–H and O–H groups in total. The Labute approximate surface area is 150 Å². The van der Waals surface area contributed by atoms with Crippen molar-refractivity contribution in [3.63, 3.8) is 0 Å². The molecule has 3 rings (SSSR count). The van der Waals surface area contributed by atoms with E-state index in [1.165, 1.54) is 6.07 Å². The number of anilines is 2. The number of hydrogen-bond acceptors (Lipinski definition) is 5. The average Bonchev–Trinajstić information content (AvgIpc) is 2.62. The van der Waals surface area contributed by atoms with Crippen LogP contribution in [-0.2, 0) is 6.18 Å². The molecule has 1 aromatic carbocycles. The summed E-state index contributed by atoms with van der Waals surface area (Å²) in [7, 11) is 0. The van der Waals surface area contributed by atoms with Gasteiger partial charge in [0.25, 0.3) is 0 Å². The summed E-state index contributed by atoms with van der Waals surface area (Å²) in [5.74, 6) is 0.145. The van der Waals surface area contributed by atoms with Crippen molar-refractivity contribution in [2.24, 2.45) is 0 Å². The first-order chi connectivity index (χ1) is 12.4. The zero-order valence-corrected chi connectivity index (χ0v) is 14.2. The number of nitrogens with zero attached hydrogens (tertiary/aromatic N) is 3. The van der Waals surface area contributed by atoms with Gasteiger partial charge in [-0.3, -0.25) is 9.88 Å². The lowest BCUT2D eigenvalue weighted by molar-refractivity contribution is -0.137. The van der Waals surface area contributed by atoms with Crippen LogP contribution >= 0.6 is 0 Å². The predicted molar refractivity (Wildman–Crippen MR) is 94.2 cm³/mol. The minimum Gasteiger partial charge on any atom is -0.492 e. The fourth-order valence-electron chi connectivity index (χ4n) is 2.93. The fourth-order valence-corrected chi connectivity index (χ4v) is 2.93. The summed E-state index contributed by atoms with van der Waals surface area (Å²) in [5.41, 5.74) is 5.89. The number of rotatable bonds is 5. The highest BCUT2D eigenvalue weighted by Gasteiger charge is 2.31. The Morgan fingerprint density at radius 2 is 1.88 bits per heavy atom. The van der Waals surface area contributed by atoms with Crippen LogP contribution in [0.5, 0.6) is 5.75 Å². The quantitative estimate of drug-likeness (QED) is 0.825. The highest BCUT2D eigenvalue weighted by atomic mass is 19.4. The largest absolute Gasteiger partial charge is 0.492 e. The van der Waals surface area contributed by atoms with Crippen LogP contribution in [0, 0.1) is 0 Å². The number of hydrogen-bond donors (Lipinski definition) is 1. The van der Waals surface area contributed by atoms with Gasteiger partial charge < -0.3 is 15.4 Å². The number of ether oxygens (including phenoxy) is 1. The third kappa shape index (κ3) is 4.78. The molecule has 8 heteroatoms. The molecule has 1 aliphatic heterocycles. The molecule has 0 aliphatic carbocycles. The van der Waals surface area contributed by atoms with E-state index in [0.717, 1.165) is 44.0 Å². The maximum Gasteiger partial charge on any atom is 0.416 e. The highest BCUT2D eigenvalue weighted by molar-refractivity contribution is 5.48. The maximum atomic E-state index is 12.8. The molecule has 0 radical (unpaired) electrons. The third-order valence-electron chi connectivity index (χ3n) is 4.32. The molecule has 0 spiro atoms. The van der Waals surface area contributed by atoms with E-state index in [9.17, 15) is 13.2 Å². The van der Waals surface area contributed by atoms with Gasteiger partial charge in [-0.15, -0.1) is 0 Å². The summed E-state index contributed by atoms with van der Waals surface area (Å²) >= 11 is 0.